The number of aromatic nitrogens is 1. The van der Waals surface area contributed by atoms with Crippen LogP contribution in [0.15, 0.2) is 88.8 Å². The van der Waals surface area contributed by atoms with Crippen LogP contribution in [-0.2, 0) is 11.2 Å². The van der Waals surface area contributed by atoms with Gasteiger partial charge >= 0.3 is 6.03 Å². The fraction of sp³-hybridized carbons (Fsp3) is 0. The summed E-state index contributed by atoms with van der Waals surface area (Å²) in [7, 11) is 0. The number of benzene rings is 3. The molecule has 0 aliphatic heterocycles. The molecule has 4 aromatic rings. The number of nitrogens with zero attached hydrogens (tertiary/aromatic N) is 1. The lowest BCUT2D eigenvalue weighted by Crippen LogP contribution is -2.35. The van der Waals surface area contributed by atoms with E-state index >= 15 is 0 Å². The van der Waals surface area contributed by atoms with E-state index in [1.54, 1.807) is 48.5 Å². The van der Waals surface area contributed by atoms with Crippen LogP contribution in [0.2, 0.25) is 15.1 Å². The zero-order valence-corrected chi connectivity index (χ0v) is 21.6. The average Bonchev–Trinajstić information content (AvgIpc) is 2.86. The number of halogens is 4. The van der Waals surface area contributed by atoms with Gasteiger partial charge in [0.15, 0.2) is 9.79 Å². The second-order valence-corrected chi connectivity index (χ2v) is 10.0. The molecule has 12 heteroatoms. The molecule has 0 spiro atoms. The summed E-state index contributed by atoms with van der Waals surface area (Å²) >= 11 is 16.5. The number of imide groups is 1. The van der Waals surface area contributed by atoms with Gasteiger partial charge in [-0.2, -0.15) is 0 Å². The first-order chi connectivity index (χ1) is 17.7. The Balaban J connectivity index is 1.38. The Kier molecular flexibility index (Phi) is 8.52. The van der Waals surface area contributed by atoms with Crippen LogP contribution in [0.25, 0.3) is 0 Å². The number of rotatable bonds is 6. The molecule has 0 saturated carbocycles. The predicted octanol–water partition coefficient (Wildman–Crippen LogP) is 7.10. The van der Waals surface area contributed by atoms with Crippen molar-refractivity contribution in [1.29, 1.82) is 0 Å². The van der Waals surface area contributed by atoms with Gasteiger partial charge in [-0.25, -0.2) is 14.2 Å². The van der Waals surface area contributed by atoms with E-state index in [0.717, 1.165) is 6.07 Å². The van der Waals surface area contributed by atoms with E-state index in [0.29, 0.717) is 20.6 Å². The lowest BCUT2D eigenvalue weighted by molar-refractivity contribution is 0.0963. The van der Waals surface area contributed by atoms with Gasteiger partial charge in [0, 0.05) is 16.2 Å². The molecule has 0 radical (unpaired) electrons. The highest BCUT2D eigenvalue weighted by Gasteiger charge is 2.19. The minimum absolute atomic E-state index is 0.0495. The number of pyridine rings is 1. The van der Waals surface area contributed by atoms with Crippen molar-refractivity contribution in [2.45, 2.75) is 9.79 Å². The number of hydrogen-bond acceptors (Lipinski definition) is 5. The van der Waals surface area contributed by atoms with Crippen molar-refractivity contribution in [3.8, 4) is 11.6 Å². The first kappa shape index (κ1) is 26.7. The summed E-state index contributed by atoms with van der Waals surface area (Å²) in [6.45, 7) is 0. The highest BCUT2D eigenvalue weighted by molar-refractivity contribution is 7.91. The lowest BCUT2D eigenvalue weighted by atomic mass is 10.2. The molecule has 1 heterocycles. The lowest BCUT2D eigenvalue weighted by Gasteiger charge is -2.12. The Morgan fingerprint density at radius 3 is 2.19 bits per heavy atom. The molecule has 0 saturated heterocycles. The van der Waals surface area contributed by atoms with Gasteiger partial charge in [0.05, 0.1) is 22.5 Å². The summed E-state index contributed by atoms with van der Waals surface area (Å²) < 4.78 is 32.2. The standard InChI is InChI=1S/C25H15Cl3FN3O4S/c26-14-4-8-17(9-5-14)37(35)18-10-6-16(7-11-18)36-24-20(28)12-15(13-30-24)31-25(34)32-23(33)22-19(27)2-1-3-21(22)29/h1-13H,(H2,31,32,33,34). The van der Waals surface area contributed by atoms with Crippen molar-refractivity contribution in [3.05, 3.63) is 105 Å². The third-order valence-electron chi connectivity index (χ3n) is 4.76. The number of urea groups is 1. The monoisotopic (exact) mass is 577 g/mol. The van der Waals surface area contributed by atoms with Crippen LogP contribution >= 0.6 is 34.8 Å². The summed E-state index contributed by atoms with van der Waals surface area (Å²) in [5.41, 5.74) is -0.307. The minimum Gasteiger partial charge on any atom is -0.606 e. The number of ether oxygens (including phenoxy) is 1. The molecule has 7 nitrogen and oxygen atoms in total. The van der Waals surface area contributed by atoms with Crippen molar-refractivity contribution >= 4 is 63.6 Å². The molecule has 0 aliphatic rings. The van der Waals surface area contributed by atoms with E-state index in [-0.39, 0.29) is 21.6 Å². The Morgan fingerprint density at radius 1 is 0.919 bits per heavy atom. The third-order valence-corrected chi connectivity index (χ3v) is 7.00. The molecular weight excluding hydrogens is 564 g/mol. The Labute approximate surface area is 228 Å². The van der Waals surface area contributed by atoms with E-state index in [1.165, 1.54) is 24.4 Å². The SMILES string of the molecule is O=C(NC(=O)c1c(F)cccc1Cl)Nc1cnc(Oc2ccc([S+]([O-])c3ccc(Cl)cc3)cc2)c(Cl)c1. The first-order valence-corrected chi connectivity index (χ1v) is 12.7. The quantitative estimate of drug-likeness (QED) is 0.238. The number of amides is 3. The summed E-state index contributed by atoms with van der Waals surface area (Å²) in [5, 5.41) is 4.83. The normalized spacial score (nSPS) is 11.5. The number of anilines is 1. The molecule has 2 N–H and O–H groups in total. The number of carbonyl (C=O) groups excluding carboxylic acids is 2. The highest BCUT2D eigenvalue weighted by atomic mass is 35.5. The fourth-order valence-electron chi connectivity index (χ4n) is 3.05. The predicted molar refractivity (Wildman–Crippen MR) is 140 cm³/mol. The molecule has 3 amide bonds. The molecule has 37 heavy (non-hydrogen) atoms. The van der Waals surface area contributed by atoms with E-state index in [1.807, 2.05) is 5.32 Å². The van der Waals surface area contributed by atoms with Gasteiger partial charge in [0.25, 0.3) is 5.91 Å². The molecule has 1 unspecified atom stereocenters. The van der Waals surface area contributed by atoms with Gasteiger partial charge in [-0.15, -0.1) is 0 Å². The minimum atomic E-state index is -1.40. The molecule has 0 fully saturated rings. The molecule has 188 valence electrons. The van der Waals surface area contributed by atoms with Gasteiger partial charge in [-0.1, -0.05) is 40.9 Å². The second-order valence-electron chi connectivity index (χ2n) is 7.31. The highest BCUT2D eigenvalue weighted by Crippen LogP contribution is 2.31. The van der Waals surface area contributed by atoms with E-state index in [9.17, 15) is 18.5 Å². The van der Waals surface area contributed by atoms with E-state index in [4.69, 9.17) is 39.5 Å². The number of nitrogens with one attached hydrogen (secondary N) is 2. The summed E-state index contributed by atoms with van der Waals surface area (Å²) in [4.78, 5) is 29.6. The van der Waals surface area contributed by atoms with Crippen molar-refractivity contribution < 1.29 is 23.3 Å². The summed E-state index contributed by atoms with van der Waals surface area (Å²) in [5.74, 6) is -1.45. The number of carbonyl (C=O) groups is 2. The average molecular weight is 579 g/mol. The molecule has 4 rings (SSSR count). The maximum Gasteiger partial charge on any atom is 0.326 e. The van der Waals surface area contributed by atoms with Gasteiger partial charge in [-0.05, 0) is 66.7 Å². The Bertz CT molecular complexity index is 1440. The molecule has 3 aromatic carbocycles. The van der Waals surface area contributed by atoms with Crippen LogP contribution in [0.1, 0.15) is 10.4 Å². The fourth-order valence-corrected chi connectivity index (χ4v) is 4.67. The van der Waals surface area contributed by atoms with Crippen LogP contribution in [0, 0.1) is 5.82 Å². The van der Waals surface area contributed by atoms with Gasteiger partial charge in [0.2, 0.25) is 5.88 Å². The Hall–Kier alpha value is -3.34. The first-order valence-electron chi connectivity index (χ1n) is 10.4. The third kappa shape index (κ3) is 6.71. The van der Waals surface area contributed by atoms with Crippen molar-refractivity contribution in [3.63, 3.8) is 0 Å². The summed E-state index contributed by atoms with van der Waals surface area (Å²) in [6, 6.07) is 17.3. The maximum atomic E-state index is 13.9. The molecule has 0 aliphatic carbocycles. The van der Waals surface area contributed by atoms with Crippen LogP contribution in [-0.4, -0.2) is 21.5 Å². The van der Waals surface area contributed by atoms with Crippen molar-refractivity contribution in [2.24, 2.45) is 0 Å². The van der Waals surface area contributed by atoms with Crippen LogP contribution in [0.5, 0.6) is 11.6 Å². The smallest absolute Gasteiger partial charge is 0.326 e. The molecular formula is C25H15Cl3FN3O4S. The van der Waals surface area contributed by atoms with Gasteiger partial charge < -0.3 is 14.6 Å². The molecule has 1 atom stereocenters. The topological polar surface area (TPSA) is 103 Å². The summed E-state index contributed by atoms with van der Waals surface area (Å²) in [6.07, 6.45) is 1.26. The Morgan fingerprint density at radius 2 is 1.57 bits per heavy atom. The largest absolute Gasteiger partial charge is 0.606 e. The second kappa shape index (κ2) is 11.8. The maximum absolute atomic E-state index is 13.9. The van der Waals surface area contributed by atoms with Crippen LogP contribution < -0.4 is 15.4 Å². The van der Waals surface area contributed by atoms with Crippen molar-refractivity contribution in [2.75, 3.05) is 5.32 Å². The van der Waals surface area contributed by atoms with Gasteiger partial charge in [0.1, 0.15) is 16.6 Å². The zero-order valence-electron chi connectivity index (χ0n) is 18.5. The number of hydrogen-bond donors (Lipinski definition) is 2. The molecule has 0 bridgehead atoms. The van der Waals surface area contributed by atoms with Crippen LogP contribution in [0.4, 0.5) is 14.9 Å². The van der Waals surface area contributed by atoms with E-state index < -0.39 is 34.5 Å². The zero-order chi connectivity index (χ0) is 26.5. The van der Waals surface area contributed by atoms with Crippen molar-refractivity contribution in [1.82, 2.24) is 10.3 Å². The van der Waals surface area contributed by atoms with E-state index in [2.05, 4.69) is 10.3 Å². The van der Waals surface area contributed by atoms with Crippen LogP contribution in [0.3, 0.4) is 0 Å². The van der Waals surface area contributed by atoms with Gasteiger partial charge in [-0.3, -0.25) is 10.1 Å². The molecule has 1 aromatic heterocycles.